The maximum atomic E-state index is 14.9. The molecule has 0 saturated carbocycles. The topological polar surface area (TPSA) is 112 Å². The molecular weight excluding hydrogens is 591 g/mol. The number of carbonyl (C=O) groups is 1. The highest BCUT2D eigenvalue weighted by molar-refractivity contribution is 7.90. The van der Waals surface area contributed by atoms with E-state index in [4.69, 9.17) is 9.47 Å². The first-order chi connectivity index (χ1) is 18.9. The Bertz CT molecular complexity index is 1480. The number of ether oxygens (including phenoxy) is 2. The second-order valence-electron chi connectivity index (χ2n) is 10.6. The van der Waals surface area contributed by atoms with Crippen LogP contribution in [0.2, 0.25) is 25.7 Å². The van der Waals surface area contributed by atoms with Crippen LogP contribution < -0.4 is 15.4 Å². The third-order valence-electron chi connectivity index (χ3n) is 5.70. The Balaban J connectivity index is 1.82. The predicted molar refractivity (Wildman–Crippen MR) is 147 cm³/mol. The monoisotopic (exact) mass is 622 g/mol. The molecule has 3 rings (SSSR count). The number of urea groups is 1. The highest BCUT2D eigenvalue weighted by atomic mass is 32.2. The van der Waals surface area contributed by atoms with Crippen molar-refractivity contribution in [1.29, 1.82) is 0 Å². The van der Waals surface area contributed by atoms with Gasteiger partial charge in [0.05, 0.1) is 16.7 Å². The Morgan fingerprint density at radius 2 is 1.80 bits per heavy atom. The van der Waals surface area contributed by atoms with Crippen molar-refractivity contribution < 1.29 is 44.6 Å². The molecule has 0 fully saturated rings. The number of hydrogen-bond acceptors (Lipinski definition) is 6. The summed E-state index contributed by atoms with van der Waals surface area (Å²) < 4.78 is 106. The SMILES string of the molecule is C[Si](C)(C)CCOCn1cc(C(F)(F)F)c2c(Oc3c(F)cc(NC(=O)NCCCS(C)(=O)=O)cc3F)ccnc21. The third kappa shape index (κ3) is 9.39. The Labute approximate surface area is 235 Å². The molecule has 0 radical (unpaired) electrons. The van der Waals surface area contributed by atoms with Crippen LogP contribution in [0.5, 0.6) is 11.5 Å². The first-order valence-electron chi connectivity index (χ1n) is 12.5. The van der Waals surface area contributed by atoms with Crippen molar-refractivity contribution >= 4 is 40.7 Å². The Hall–Kier alpha value is -3.24. The van der Waals surface area contributed by atoms with Crippen LogP contribution in [0.25, 0.3) is 11.0 Å². The van der Waals surface area contributed by atoms with E-state index < -0.39 is 64.2 Å². The van der Waals surface area contributed by atoms with Gasteiger partial charge in [0.2, 0.25) is 0 Å². The van der Waals surface area contributed by atoms with Crippen molar-refractivity contribution in [3.63, 3.8) is 0 Å². The van der Waals surface area contributed by atoms with E-state index in [2.05, 4.69) is 35.3 Å². The summed E-state index contributed by atoms with van der Waals surface area (Å²) in [6, 6.07) is 2.48. The van der Waals surface area contributed by atoms with Crippen LogP contribution in [0, 0.1) is 11.6 Å². The summed E-state index contributed by atoms with van der Waals surface area (Å²) in [4.78, 5) is 16.0. The van der Waals surface area contributed by atoms with Crippen molar-refractivity contribution in [1.82, 2.24) is 14.9 Å². The fraction of sp³-hybridized carbons (Fsp3) is 0.440. The lowest BCUT2D eigenvalue weighted by Crippen LogP contribution is -2.30. The molecule has 0 aliphatic rings. The number of halogens is 5. The number of nitrogens with zero attached hydrogens (tertiary/aromatic N) is 2. The fourth-order valence-corrected chi connectivity index (χ4v) is 5.10. The minimum Gasteiger partial charge on any atom is -0.450 e. The first kappa shape index (κ1) is 32.3. The van der Waals surface area contributed by atoms with Crippen molar-refractivity contribution in [3.05, 3.63) is 47.8 Å². The molecule has 41 heavy (non-hydrogen) atoms. The van der Waals surface area contributed by atoms with E-state index >= 15 is 0 Å². The van der Waals surface area contributed by atoms with E-state index in [-0.39, 0.29) is 36.8 Å². The molecule has 0 unspecified atom stereocenters. The highest BCUT2D eigenvalue weighted by Crippen LogP contribution is 2.42. The molecule has 0 aliphatic heterocycles. The molecule has 2 N–H and O–H groups in total. The van der Waals surface area contributed by atoms with Gasteiger partial charge in [-0.3, -0.25) is 0 Å². The molecule has 0 aliphatic carbocycles. The lowest BCUT2D eigenvalue weighted by atomic mass is 10.2. The maximum Gasteiger partial charge on any atom is 0.418 e. The van der Waals surface area contributed by atoms with Gasteiger partial charge in [-0.2, -0.15) is 13.2 Å². The number of alkyl halides is 3. The lowest BCUT2D eigenvalue weighted by Gasteiger charge is -2.15. The first-order valence-corrected chi connectivity index (χ1v) is 18.2. The minimum absolute atomic E-state index is 0.00630. The standard InChI is InChI=1S/C25H31F5N4O5SSi/c1-40(36,37)10-5-7-32-24(35)33-16-12-18(26)22(19(27)13-16)39-20-6-8-31-23-21(20)17(25(28,29)30)14-34(23)15-38-9-11-41(2,3)4/h6,8,12-14H,5,7,9-11,15H2,1-4H3,(H2,32,33,35). The van der Waals surface area contributed by atoms with Crippen LogP contribution in [-0.2, 0) is 27.5 Å². The fourth-order valence-electron chi connectivity index (χ4n) is 3.68. The van der Waals surface area contributed by atoms with Gasteiger partial charge in [0.15, 0.2) is 17.4 Å². The molecule has 0 saturated heterocycles. The number of anilines is 1. The number of rotatable bonds is 12. The van der Waals surface area contributed by atoms with Crippen LogP contribution in [-0.4, -0.2) is 57.2 Å². The number of sulfone groups is 1. The second-order valence-corrected chi connectivity index (χ2v) is 18.5. The van der Waals surface area contributed by atoms with Crippen LogP contribution in [0.4, 0.5) is 32.4 Å². The predicted octanol–water partition coefficient (Wildman–Crippen LogP) is 5.99. The lowest BCUT2D eigenvalue weighted by molar-refractivity contribution is -0.136. The van der Waals surface area contributed by atoms with Crippen LogP contribution in [0.1, 0.15) is 12.0 Å². The summed E-state index contributed by atoms with van der Waals surface area (Å²) in [5, 5.41) is 4.05. The van der Waals surface area contributed by atoms with Crippen molar-refractivity contribution in [2.75, 3.05) is 30.5 Å². The van der Waals surface area contributed by atoms with Gasteiger partial charge in [-0.1, -0.05) is 19.6 Å². The summed E-state index contributed by atoms with van der Waals surface area (Å²) in [7, 11) is -4.65. The molecule has 3 aromatic rings. The number of benzene rings is 1. The summed E-state index contributed by atoms with van der Waals surface area (Å²) >= 11 is 0. The molecule has 2 aromatic heterocycles. The molecule has 1 aromatic carbocycles. The smallest absolute Gasteiger partial charge is 0.418 e. The normalized spacial score (nSPS) is 12.5. The molecule has 0 bridgehead atoms. The van der Waals surface area contributed by atoms with Crippen LogP contribution in [0.15, 0.2) is 30.6 Å². The Morgan fingerprint density at radius 3 is 2.39 bits per heavy atom. The maximum absolute atomic E-state index is 14.9. The van der Waals surface area contributed by atoms with Gasteiger partial charge in [-0.15, -0.1) is 0 Å². The molecule has 2 heterocycles. The van der Waals surface area contributed by atoms with E-state index in [9.17, 15) is 35.2 Å². The van der Waals surface area contributed by atoms with Gasteiger partial charge in [0, 0.05) is 57.7 Å². The zero-order valence-corrected chi connectivity index (χ0v) is 24.7. The minimum atomic E-state index is -4.83. The number of hydrogen-bond donors (Lipinski definition) is 2. The number of pyridine rings is 1. The van der Waals surface area contributed by atoms with E-state index in [0.29, 0.717) is 6.61 Å². The van der Waals surface area contributed by atoms with Gasteiger partial charge in [-0.25, -0.2) is 27.0 Å². The Kier molecular flexibility index (Phi) is 10.0. The molecule has 0 spiro atoms. The number of amides is 2. The van der Waals surface area contributed by atoms with E-state index in [1.54, 1.807) is 0 Å². The van der Waals surface area contributed by atoms with Crippen LogP contribution in [0.3, 0.4) is 0 Å². The number of fused-ring (bicyclic) bond motifs is 1. The molecule has 9 nitrogen and oxygen atoms in total. The zero-order valence-electron chi connectivity index (χ0n) is 22.9. The van der Waals surface area contributed by atoms with Crippen LogP contribution >= 0.6 is 0 Å². The summed E-state index contributed by atoms with van der Waals surface area (Å²) in [6.07, 6.45) is -1.69. The van der Waals surface area contributed by atoms with Crippen molar-refractivity contribution in [2.45, 2.75) is 45.0 Å². The number of nitrogens with one attached hydrogen (secondary N) is 2. The quantitative estimate of drug-likeness (QED) is 0.146. The van der Waals surface area contributed by atoms with Crippen molar-refractivity contribution in [2.24, 2.45) is 0 Å². The van der Waals surface area contributed by atoms with E-state index in [1.165, 1.54) is 0 Å². The number of aromatic nitrogens is 2. The number of carbonyl (C=O) groups excluding carboxylic acids is 1. The van der Waals surface area contributed by atoms with Gasteiger partial charge < -0.3 is 24.7 Å². The molecule has 16 heteroatoms. The summed E-state index contributed by atoms with van der Waals surface area (Å²) in [5.74, 6) is -4.19. The molecular formula is C25H31F5N4O5SSi. The summed E-state index contributed by atoms with van der Waals surface area (Å²) in [5.41, 5.74) is -1.56. The average Bonchev–Trinajstić information content (AvgIpc) is 3.21. The van der Waals surface area contributed by atoms with E-state index in [1.807, 2.05) is 0 Å². The summed E-state index contributed by atoms with van der Waals surface area (Å²) in [6.45, 7) is 6.53. The largest absolute Gasteiger partial charge is 0.450 e. The second kappa shape index (κ2) is 12.7. The van der Waals surface area contributed by atoms with Gasteiger partial charge in [0.25, 0.3) is 0 Å². The van der Waals surface area contributed by atoms with E-state index in [0.717, 1.165) is 47.5 Å². The van der Waals surface area contributed by atoms with Gasteiger partial charge in [-0.05, 0) is 18.5 Å². The third-order valence-corrected chi connectivity index (χ3v) is 8.43. The zero-order chi connectivity index (χ0) is 30.6. The average molecular weight is 623 g/mol. The van der Waals surface area contributed by atoms with Crippen molar-refractivity contribution in [3.8, 4) is 11.5 Å². The molecule has 226 valence electrons. The van der Waals surface area contributed by atoms with Gasteiger partial charge >= 0.3 is 12.2 Å². The highest BCUT2D eigenvalue weighted by Gasteiger charge is 2.37. The molecule has 2 amide bonds. The Morgan fingerprint density at radius 1 is 1.15 bits per heavy atom. The van der Waals surface area contributed by atoms with Gasteiger partial charge in [0.1, 0.15) is 28.0 Å². The molecule has 0 atom stereocenters.